The van der Waals surface area contributed by atoms with Gasteiger partial charge in [-0.05, 0) is 35.7 Å². The van der Waals surface area contributed by atoms with Crippen molar-refractivity contribution in [2.24, 2.45) is 0 Å². The van der Waals surface area contributed by atoms with E-state index < -0.39 is 81.6 Å². The van der Waals surface area contributed by atoms with E-state index in [2.05, 4.69) is 10.3 Å². The first-order valence-corrected chi connectivity index (χ1v) is 16.3. The lowest BCUT2D eigenvalue weighted by molar-refractivity contribution is -0.213. The molecule has 0 amide bonds. The van der Waals surface area contributed by atoms with E-state index in [4.69, 9.17) is 18.9 Å². The van der Waals surface area contributed by atoms with Crippen LogP contribution in [0.1, 0.15) is 26.8 Å². The highest BCUT2D eigenvalue weighted by atomic mass is 32.2. The van der Waals surface area contributed by atoms with E-state index in [0.717, 1.165) is 42.7 Å². The van der Waals surface area contributed by atoms with Gasteiger partial charge >= 0.3 is 17.9 Å². The SMILES string of the molecule is CC(=O)OCC1O[C@H](S(=O)(=O)c2ccc3c(N(C)C)cccc3c2)C(OC(C)=O)[C@@H](n2cc(-c3cc(F)c(F)c(F)c3)nn2)[C@H]1OC(C)=O. The Kier molecular flexibility index (Phi) is 9.96. The molecule has 1 aliphatic heterocycles. The summed E-state index contributed by atoms with van der Waals surface area (Å²) in [6.07, 6.45) is -3.68. The minimum Gasteiger partial charge on any atom is -0.463 e. The van der Waals surface area contributed by atoms with Crippen LogP contribution in [-0.2, 0) is 43.2 Å². The first-order valence-electron chi connectivity index (χ1n) is 14.7. The fourth-order valence-electron chi connectivity index (χ4n) is 5.64. The van der Waals surface area contributed by atoms with Gasteiger partial charge in [0.1, 0.15) is 24.4 Å². The fraction of sp³-hybridized carbons (Fsp3) is 0.344. The van der Waals surface area contributed by atoms with Gasteiger partial charge in [0.15, 0.2) is 29.7 Å². The molecule has 17 heteroatoms. The number of carbonyl (C=O) groups is 3. The molecular formula is C32H31F3N4O9S. The number of carbonyl (C=O) groups excluding carboxylic acids is 3. The molecule has 4 aromatic rings. The second kappa shape index (κ2) is 13.8. The molecule has 13 nitrogen and oxygen atoms in total. The molecule has 49 heavy (non-hydrogen) atoms. The van der Waals surface area contributed by atoms with Crippen LogP contribution >= 0.6 is 0 Å². The molecule has 0 N–H and O–H groups in total. The van der Waals surface area contributed by atoms with E-state index in [9.17, 15) is 36.0 Å². The van der Waals surface area contributed by atoms with Crippen molar-refractivity contribution in [1.29, 1.82) is 0 Å². The number of halogens is 3. The molecule has 3 aromatic carbocycles. The third-order valence-corrected chi connectivity index (χ3v) is 9.61. The zero-order chi connectivity index (χ0) is 35.8. The lowest BCUT2D eigenvalue weighted by Gasteiger charge is -2.44. The average Bonchev–Trinajstić information content (AvgIpc) is 3.51. The summed E-state index contributed by atoms with van der Waals surface area (Å²) in [5, 5.41) is 9.19. The average molecular weight is 705 g/mol. The highest BCUT2D eigenvalue weighted by Gasteiger charge is 2.56. The molecule has 0 aliphatic carbocycles. The minimum atomic E-state index is -4.60. The summed E-state index contributed by atoms with van der Waals surface area (Å²) in [4.78, 5) is 38.3. The first-order chi connectivity index (χ1) is 23.1. The summed E-state index contributed by atoms with van der Waals surface area (Å²) in [6, 6.07) is 9.53. The summed E-state index contributed by atoms with van der Waals surface area (Å²) >= 11 is 0. The molecular weight excluding hydrogens is 673 g/mol. The number of sulfone groups is 1. The predicted molar refractivity (Wildman–Crippen MR) is 166 cm³/mol. The summed E-state index contributed by atoms with van der Waals surface area (Å²) in [5.41, 5.74) is -1.62. The van der Waals surface area contributed by atoms with Crippen LogP contribution in [0.3, 0.4) is 0 Å². The maximum atomic E-state index is 14.5. The molecule has 5 rings (SSSR count). The fourth-order valence-corrected chi connectivity index (χ4v) is 7.31. The smallest absolute Gasteiger partial charge is 0.303 e. The number of hydrogen-bond acceptors (Lipinski definition) is 12. The van der Waals surface area contributed by atoms with Gasteiger partial charge in [0, 0.05) is 51.5 Å². The Labute approximate surface area is 278 Å². The Morgan fingerprint density at radius 3 is 2.18 bits per heavy atom. The molecule has 260 valence electrons. The topological polar surface area (TPSA) is 156 Å². The largest absolute Gasteiger partial charge is 0.463 e. The molecule has 2 unspecified atom stereocenters. The molecule has 1 fully saturated rings. The normalized spacial score (nSPS) is 20.9. The molecule has 1 aromatic heterocycles. The molecule has 1 saturated heterocycles. The Morgan fingerprint density at radius 1 is 0.918 bits per heavy atom. The number of hydrogen-bond donors (Lipinski definition) is 0. The number of fused-ring (bicyclic) bond motifs is 1. The van der Waals surface area contributed by atoms with Crippen LogP contribution in [-0.4, -0.2) is 85.8 Å². The number of ether oxygens (including phenoxy) is 4. The third-order valence-electron chi connectivity index (χ3n) is 7.71. The van der Waals surface area contributed by atoms with E-state index in [1.165, 1.54) is 12.1 Å². The molecule has 0 saturated carbocycles. The van der Waals surface area contributed by atoms with Gasteiger partial charge in [-0.1, -0.05) is 23.4 Å². The Balaban J connectivity index is 1.68. The second-order valence-corrected chi connectivity index (χ2v) is 13.4. The second-order valence-electron chi connectivity index (χ2n) is 11.4. The standard InChI is InChI=1S/C32H31F3N4O9S/c1-16(40)45-15-27-30(46-17(2)41)29(39-14-25(36-37-39)20-12-23(33)28(35)24(34)13-20)31(47-18(3)42)32(48-27)49(43,44)21-9-10-22-19(11-21)7-6-8-26(22)38(4)5/h6-14,27,29-32H,15H2,1-5H3/t27?,29-,30-,31?,32+/m0/s1. The van der Waals surface area contributed by atoms with Gasteiger partial charge in [-0.2, -0.15) is 0 Å². The van der Waals surface area contributed by atoms with Crippen LogP contribution in [0.4, 0.5) is 18.9 Å². The monoisotopic (exact) mass is 704 g/mol. The van der Waals surface area contributed by atoms with Crippen molar-refractivity contribution in [3.8, 4) is 11.3 Å². The lowest BCUT2D eigenvalue weighted by atomic mass is 9.96. The Morgan fingerprint density at radius 2 is 1.57 bits per heavy atom. The summed E-state index contributed by atoms with van der Waals surface area (Å²) in [5.74, 6) is -7.31. The molecule has 0 spiro atoms. The zero-order valence-corrected chi connectivity index (χ0v) is 27.6. The Bertz CT molecular complexity index is 2020. The van der Waals surface area contributed by atoms with E-state index in [1.54, 1.807) is 18.2 Å². The van der Waals surface area contributed by atoms with Crippen LogP contribution in [0.15, 0.2) is 59.6 Å². The number of nitrogens with zero attached hydrogens (tertiary/aromatic N) is 4. The lowest BCUT2D eigenvalue weighted by Crippen LogP contribution is -2.60. The van der Waals surface area contributed by atoms with E-state index in [0.29, 0.717) is 17.5 Å². The summed E-state index contributed by atoms with van der Waals surface area (Å²) < 4.78 is 94.0. The van der Waals surface area contributed by atoms with Crippen molar-refractivity contribution in [2.45, 2.75) is 55.5 Å². The maximum absolute atomic E-state index is 14.5. The van der Waals surface area contributed by atoms with Gasteiger partial charge in [0.2, 0.25) is 15.3 Å². The van der Waals surface area contributed by atoms with Gasteiger partial charge in [0.25, 0.3) is 0 Å². The van der Waals surface area contributed by atoms with Crippen LogP contribution in [0.2, 0.25) is 0 Å². The molecule has 2 heterocycles. The molecule has 0 bridgehead atoms. The molecule has 1 aliphatic rings. The van der Waals surface area contributed by atoms with Gasteiger partial charge in [-0.3, -0.25) is 14.4 Å². The Hall–Kier alpha value is -5.03. The van der Waals surface area contributed by atoms with Crippen molar-refractivity contribution in [3.05, 3.63) is 72.2 Å². The van der Waals surface area contributed by atoms with Crippen LogP contribution in [0.25, 0.3) is 22.0 Å². The first kappa shape index (κ1) is 35.3. The number of anilines is 1. The van der Waals surface area contributed by atoms with Crippen molar-refractivity contribution in [3.63, 3.8) is 0 Å². The van der Waals surface area contributed by atoms with Crippen LogP contribution < -0.4 is 4.90 Å². The quantitative estimate of drug-likeness (QED) is 0.142. The van der Waals surface area contributed by atoms with Crippen LogP contribution in [0, 0.1) is 17.5 Å². The highest BCUT2D eigenvalue weighted by Crippen LogP contribution is 2.40. The minimum absolute atomic E-state index is 0.199. The summed E-state index contributed by atoms with van der Waals surface area (Å²) in [7, 11) is -0.936. The van der Waals surface area contributed by atoms with Crippen LogP contribution in [0.5, 0.6) is 0 Å². The zero-order valence-electron chi connectivity index (χ0n) is 26.8. The molecule has 5 atom stereocenters. The van der Waals surface area contributed by atoms with E-state index in [-0.39, 0.29) is 16.2 Å². The van der Waals surface area contributed by atoms with E-state index >= 15 is 0 Å². The van der Waals surface area contributed by atoms with Crippen molar-refractivity contribution in [2.75, 3.05) is 25.6 Å². The van der Waals surface area contributed by atoms with E-state index in [1.807, 2.05) is 25.1 Å². The summed E-state index contributed by atoms with van der Waals surface area (Å²) in [6.45, 7) is 2.56. The number of rotatable bonds is 9. The van der Waals surface area contributed by atoms with Gasteiger partial charge in [-0.25, -0.2) is 26.3 Å². The molecule has 0 radical (unpaired) electrons. The maximum Gasteiger partial charge on any atom is 0.303 e. The van der Waals surface area contributed by atoms with Crippen molar-refractivity contribution < 1.29 is 54.9 Å². The van der Waals surface area contributed by atoms with Gasteiger partial charge < -0.3 is 23.8 Å². The van der Waals surface area contributed by atoms with Crippen molar-refractivity contribution >= 4 is 44.2 Å². The van der Waals surface area contributed by atoms with Gasteiger partial charge in [-0.15, -0.1) is 5.10 Å². The van der Waals surface area contributed by atoms with Gasteiger partial charge in [0.05, 0.1) is 11.1 Å². The number of aromatic nitrogens is 3. The number of benzene rings is 3. The third kappa shape index (κ3) is 7.22. The predicted octanol–water partition coefficient (Wildman–Crippen LogP) is 3.75. The number of esters is 3. The van der Waals surface area contributed by atoms with Crippen molar-refractivity contribution in [1.82, 2.24) is 15.0 Å². The highest BCUT2D eigenvalue weighted by molar-refractivity contribution is 7.92.